The Balaban J connectivity index is 1.60. The number of hydrogen-bond acceptors (Lipinski definition) is 4. The Bertz CT molecular complexity index is 989. The summed E-state index contributed by atoms with van der Waals surface area (Å²) in [6.07, 6.45) is 0. The van der Waals surface area contributed by atoms with Gasteiger partial charge in [0.25, 0.3) is 5.91 Å². The molecule has 0 aliphatic carbocycles. The molecule has 2 amide bonds. The van der Waals surface area contributed by atoms with E-state index in [1.165, 1.54) is 23.5 Å². The zero-order chi connectivity index (χ0) is 19.4. The minimum absolute atomic E-state index is 0.171. The molecule has 0 bridgehead atoms. The molecular formula is C19H15BrFN3O2S. The van der Waals surface area contributed by atoms with Crippen molar-refractivity contribution in [3.8, 4) is 11.3 Å². The Morgan fingerprint density at radius 3 is 2.63 bits per heavy atom. The van der Waals surface area contributed by atoms with Gasteiger partial charge in [-0.05, 0) is 49.4 Å². The third-order valence-electron chi connectivity index (χ3n) is 3.66. The van der Waals surface area contributed by atoms with Crippen LogP contribution in [0.5, 0.6) is 0 Å². The molecule has 2 aromatic carbocycles. The van der Waals surface area contributed by atoms with Crippen molar-refractivity contribution in [2.75, 3.05) is 11.9 Å². The number of nitrogens with zero attached hydrogens (tertiary/aromatic N) is 1. The summed E-state index contributed by atoms with van der Waals surface area (Å²) >= 11 is 4.62. The number of carbonyl (C=O) groups excluding carboxylic acids is 2. The maximum absolute atomic E-state index is 13.1. The number of benzene rings is 2. The van der Waals surface area contributed by atoms with Crippen LogP contribution < -0.4 is 10.6 Å². The molecular weight excluding hydrogens is 433 g/mol. The minimum atomic E-state index is -0.377. The van der Waals surface area contributed by atoms with Gasteiger partial charge in [-0.25, -0.2) is 9.37 Å². The first kappa shape index (κ1) is 19.2. The Hall–Kier alpha value is -2.58. The van der Waals surface area contributed by atoms with Crippen LogP contribution >= 0.6 is 27.3 Å². The lowest BCUT2D eigenvalue weighted by Gasteiger charge is -2.05. The molecule has 1 heterocycles. The second kappa shape index (κ2) is 8.41. The number of nitrogens with one attached hydrogen (secondary N) is 2. The summed E-state index contributed by atoms with van der Waals surface area (Å²) < 4.78 is 13.8. The van der Waals surface area contributed by atoms with E-state index in [1.54, 1.807) is 30.3 Å². The Morgan fingerprint density at radius 1 is 1.19 bits per heavy atom. The maximum Gasteiger partial charge on any atom is 0.251 e. The van der Waals surface area contributed by atoms with Crippen LogP contribution in [0.3, 0.4) is 0 Å². The van der Waals surface area contributed by atoms with Crippen LogP contribution in [0.4, 0.5) is 9.52 Å². The van der Waals surface area contributed by atoms with E-state index >= 15 is 0 Å². The summed E-state index contributed by atoms with van der Waals surface area (Å²) in [5.74, 6) is -1.03. The van der Waals surface area contributed by atoms with Gasteiger partial charge in [-0.15, -0.1) is 11.3 Å². The van der Waals surface area contributed by atoms with E-state index in [-0.39, 0.29) is 24.2 Å². The SMILES string of the molecule is Cc1sc(NC(=O)CNC(=O)c2cccc(Br)c2)nc1-c1ccc(F)cc1. The first-order valence-electron chi connectivity index (χ1n) is 7.99. The highest BCUT2D eigenvalue weighted by molar-refractivity contribution is 9.10. The lowest BCUT2D eigenvalue weighted by molar-refractivity contribution is -0.115. The summed E-state index contributed by atoms with van der Waals surface area (Å²) in [5.41, 5.74) is 1.92. The van der Waals surface area contributed by atoms with Crippen molar-refractivity contribution in [2.45, 2.75) is 6.92 Å². The quantitative estimate of drug-likeness (QED) is 0.609. The third kappa shape index (κ3) is 4.99. The molecule has 5 nitrogen and oxygen atoms in total. The van der Waals surface area contributed by atoms with Gasteiger partial charge in [0.05, 0.1) is 12.2 Å². The lowest BCUT2D eigenvalue weighted by Crippen LogP contribution is -2.32. The second-order valence-electron chi connectivity index (χ2n) is 5.67. The van der Waals surface area contributed by atoms with E-state index in [1.807, 2.05) is 13.0 Å². The average molecular weight is 448 g/mol. The van der Waals surface area contributed by atoms with E-state index in [0.29, 0.717) is 16.4 Å². The summed E-state index contributed by atoms with van der Waals surface area (Å²) in [4.78, 5) is 29.5. The van der Waals surface area contributed by atoms with Crippen molar-refractivity contribution in [1.82, 2.24) is 10.3 Å². The predicted molar refractivity (Wildman–Crippen MR) is 107 cm³/mol. The summed E-state index contributed by atoms with van der Waals surface area (Å²) in [6.45, 7) is 1.71. The molecule has 0 saturated carbocycles. The number of hydrogen-bond donors (Lipinski definition) is 2. The summed E-state index contributed by atoms with van der Waals surface area (Å²) in [7, 11) is 0. The molecule has 3 rings (SSSR count). The van der Waals surface area contributed by atoms with E-state index in [2.05, 4.69) is 31.5 Å². The topological polar surface area (TPSA) is 71.1 Å². The van der Waals surface area contributed by atoms with Gasteiger partial charge < -0.3 is 10.6 Å². The van der Waals surface area contributed by atoms with Crippen molar-refractivity contribution in [1.29, 1.82) is 0 Å². The number of rotatable bonds is 5. The van der Waals surface area contributed by atoms with Gasteiger partial charge in [0.15, 0.2) is 5.13 Å². The van der Waals surface area contributed by atoms with Crippen molar-refractivity contribution in [2.24, 2.45) is 0 Å². The van der Waals surface area contributed by atoms with Crippen LogP contribution in [0.1, 0.15) is 15.2 Å². The highest BCUT2D eigenvalue weighted by Gasteiger charge is 2.13. The number of carbonyl (C=O) groups is 2. The molecule has 0 atom stereocenters. The van der Waals surface area contributed by atoms with Gasteiger partial charge in [-0.2, -0.15) is 0 Å². The fourth-order valence-corrected chi connectivity index (χ4v) is 3.63. The van der Waals surface area contributed by atoms with Crippen LogP contribution in [-0.4, -0.2) is 23.3 Å². The van der Waals surface area contributed by atoms with Crippen LogP contribution in [0.2, 0.25) is 0 Å². The molecule has 2 N–H and O–H groups in total. The van der Waals surface area contributed by atoms with E-state index in [9.17, 15) is 14.0 Å². The molecule has 27 heavy (non-hydrogen) atoms. The lowest BCUT2D eigenvalue weighted by atomic mass is 10.1. The first-order valence-corrected chi connectivity index (χ1v) is 9.60. The predicted octanol–water partition coefficient (Wildman–Crippen LogP) is 4.39. The first-order chi connectivity index (χ1) is 12.9. The van der Waals surface area contributed by atoms with Crippen molar-refractivity contribution < 1.29 is 14.0 Å². The Labute approximate surface area is 167 Å². The molecule has 0 unspecified atom stereocenters. The molecule has 138 valence electrons. The van der Waals surface area contributed by atoms with E-state index in [0.717, 1.165) is 14.9 Å². The second-order valence-corrected chi connectivity index (χ2v) is 7.79. The fourth-order valence-electron chi connectivity index (χ4n) is 2.38. The third-order valence-corrected chi connectivity index (χ3v) is 5.04. The van der Waals surface area contributed by atoms with Gasteiger partial charge in [0.1, 0.15) is 5.82 Å². The number of anilines is 1. The molecule has 3 aromatic rings. The van der Waals surface area contributed by atoms with Crippen molar-refractivity contribution in [3.63, 3.8) is 0 Å². The fraction of sp³-hybridized carbons (Fsp3) is 0.105. The summed E-state index contributed by atoms with van der Waals surface area (Å²) in [6, 6.07) is 12.9. The highest BCUT2D eigenvalue weighted by atomic mass is 79.9. The Kier molecular flexibility index (Phi) is 5.98. The zero-order valence-corrected chi connectivity index (χ0v) is 16.7. The zero-order valence-electron chi connectivity index (χ0n) is 14.3. The van der Waals surface area contributed by atoms with Crippen molar-refractivity contribution in [3.05, 3.63) is 69.3 Å². The highest BCUT2D eigenvalue weighted by Crippen LogP contribution is 2.30. The van der Waals surface area contributed by atoms with Crippen LogP contribution in [0.15, 0.2) is 53.0 Å². The molecule has 0 aliphatic rings. The Morgan fingerprint density at radius 2 is 1.93 bits per heavy atom. The monoisotopic (exact) mass is 447 g/mol. The molecule has 8 heteroatoms. The molecule has 0 saturated heterocycles. The molecule has 0 aliphatic heterocycles. The molecule has 0 radical (unpaired) electrons. The normalized spacial score (nSPS) is 10.5. The van der Waals surface area contributed by atoms with Gasteiger partial charge in [0.2, 0.25) is 5.91 Å². The van der Waals surface area contributed by atoms with Crippen LogP contribution in [-0.2, 0) is 4.79 Å². The van der Waals surface area contributed by atoms with Crippen LogP contribution in [0, 0.1) is 12.7 Å². The number of halogens is 2. The molecule has 0 spiro atoms. The van der Waals surface area contributed by atoms with E-state index < -0.39 is 0 Å². The molecule has 1 aromatic heterocycles. The smallest absolute Gasteiger partial charge is 0.251 e. The number of aromatic nitrogens is 1. The van der Waals surface area contributed by atoms with Gasteiger partial charge in [-0.1, -0.05) is 22.0 Å². The summed E-state index contributed by atoms with van der Waals surface area (Å²) in [5, 5.41) is 5.67. The maximum atomic E-state index is 13.1. The number of amides is 2. The molecule has 0 fully saturated rings. The number of aryl methyl sites for hydroxylation is 1. The van der Waals surface area contributed by atoms with Crippen LogP contribution in [0.25, 0.3) is 11.3 Å². The average Bonchev–Trinajstić information content (AvgIpc) is 3.00. The largest absolute Gasteiger partial charge is 0.343 e. The van der Waals surface area contributed by atoms with Crippen molar-refractivity contribution >= 4 is 44.2 Å². The van der Waals surface area contributed by atoms with Gasteiger partial charge >= 0.3 is 0 Å². The standard InChI is InChI=1S/C19H15BrFN3O2S/c1-11-17(12-5-7-15(21)8-6-12)24-19(27-11)23-16(25)10-22-18(26)13-3-2-4-14(20)9-13/h2-9H,10H2,1H3,(H,22,26)(H,23,24,25). The van der Waals surface area contributed by atoms with Gasteiger partial charge in [-0.3, -0.25) is 9.59 Å². The minimum Gasteiger partial charge on any atom is -0.343 e. The van der Waals surface area contributed by atoms with Gasteiger partial charge in [0, 0.05) is 20.5 Å². The van der Waals surface area contributed by atoms with E-state index in [4.69, 9.17) is 0 Å². The number of thiazole rings is 1.